The molecule has 0 atom stereocenters. The second-order valence-electron chi connectivity index (χ2n) is 0.733. The van der Waals surface area contributed by atoms with Gasteiger partial charge in [-0.2, -0.15) is 4.90 Å². The quantitative estimate of drug-likeness (QED) is 0.174. The van der Waals surface area contributed by atoms with E-state index >= 15 is 0 Å². The molecule has 0 heterocycles. The average molecular weight is 181 g/mol. The molecule has 0 rings (SSSR count). The molecule has 0 saturated heterocycles. The van der Waals surface area contributed by atoms with E-state index in [9.17, 15) is 9.90 Å². The van der Waals surface area contributed by atoms with Gasteiger partial charge in [-0.1, -0.05) is 0 Å². The van der Waals surface area contributed by atoms with Crippen LogP contribution >= 0.6 is 0 Å². The Balaban J connectivity index is -0.000000180. The van der Waals surface area contributed by atoms with E-state index in [-0.39, 0.29) is 109 Å². The van der Waals surface area contributed by atoms with Crippen LogP contribution in [0, 0.1) is 10.4 Å². The number of aliphatic carboxylic acids is 1. The minimum Gasteiger partial charge on any atom is -0.612 e. The molecule has 7 heteroatoms. The zero-order valence-electron chi connectivity index (χ0n) is 5.16. The summed E-state index contributed by atoms with van der Waals surface area (Å²) in [5.74, 6) is -1.79. The normalized spacial score (nSPS) is 5.78. The van der Waals surface area contributed by atoms with E-state index in [1.807, 2.05) is 0 Å². The zero-order chi connectivity index (χ0) is 5.86. The predicted octanol–water partition coefficient (Wildman–Crippen LogP) is -8.18. The molecule has 40 valence electrons. The summed E-state index contributed by atoms with van der Waals surface area (Å²) < 4.78 is 0. The molecule has 0 saturated carbocycles. The molecule has 5 nitrogen and oxygen atoms in total. The van der Waals surface area contributed by atoms with Gasteiger partial charge in [-0.05, 0) is 0 Å². The minimum atomic E-state index is -1.79. The molecule has 9 heavy (non-hydrogen) atoms. The fourth-order valence-electron chi connectivity index (χ4n) is 0.0861. The summed E-state index contributed by atoms with van der Waals surface area (Å²) in [7, 11) is 0. The van der Waals surface area contributed by atoms with Crippen LogP contribution in [0.1, 0.15) is 0 Å². The number of carboxylic acid groups (broad SMARTS) is 1. The van der Waals surface area contributed by atoms with Crippen LogP contribution in [-0.4, -0.2) is 17.1 Å². The molecule has 0 radical (unpaired) electrons. The Morgan fingerprint density at radius 3 is 1.67 bits per heavy atom. The number of hydrogen-bond donors (Lipinski definition) is 0. The molecule has 0 aliphatic rings. The van der Waals surface area contributed by atoms with Gasteiger partial charge in [-0.25, -0.2) is 0 Å². The summed E-state index contributed by atoms with van der Waals surface area (Å²) in [6.07, 6.45) is -0.139. The van der Waals surface area contributed by atoms with Crippen LogP contribution < -0.4 is 108 Å². The largest absolute Gasteiger partial charge is 1.00 e. The first-order valence-corrected chi connectivity index (χ1v) is 1.32. The maximum absolute atomic E-state index is 9.20. The molecule has 0 N–H and O–H groups in total. The SMILES string of the molecule is O=C([O-])C=[N+]([O-])[O-].[K+].[K+]. The van der Waals surface area contributed by atoms with Crippen LogP contribution in [0.25, 0.3) is 0 Å². The summed E-state index contributed by atoms with van der Waals surface area (Å²) in [6, 6.07) is 0. The van der Waals surface area contributed by atoms with Crippen LogP contribution in [0.3, 0.4) is 0 Å². The van der Waals surface area contributed by atoms with Gasteiger partial charge in [0.15, 0.2) is 0 Å². The standard InChI is InChI=1S/C2H2NO4.2K/c4-2(5)1-3(6)7;;/h1H,(H-,4,5,6,7);;/q-1;2*+1/p-1. The van der Waals surface area contributed by atoms with Gasteiger partial charge in [0.2, 0.25) is 6.21 Å². The molecular formula is C2HK2NO4. The number of nitrogens with zero attached hydrogens (tertiary/aromatic N) is 1. The average Bonchev–Trinajstić information content (AvgIpc) is 1.27. The van der Waals surface area contributed by atoms with E-state index in [0.29, 0.717) is 0 Å². The van der Waals surface area contributed by atoms with Crippen LogP contribution in [-0.2, 0) is 4.79 Å². The first-order chi connectivity index (χ1) is 3.13. The third-order valence-corrected chi connectivity index (χ3v) is 0.211. The fourth-order valence-corrected chi connectivity index (χ4v) is 0.0861. The van der Waals surface area contributed by atoms with Crippen molar-refractivity contribution in [2.24, 2.45) is 0 Å². The first kappa shape index (κ1) is 17.2. The van der Waals surface area contributed by atoms with E-state index in [2.05, 4.69) is 0 Å². The topological polar surface area (TPSA) is 89.3 Å². The molecule has 0 aliphatic carbocycles. The summed E-state index contributed by atoms with van der Waals surface area (Å²) in [6.45, 7) is 0. The van der Waals surface area contributed by atoms with Gasteiger partial charge in [0.1, 0.15) is 5.97 Å². The molecule has 0 spiro atoms. The molecule has 0 fully saturated rings. The fraction of sp³-hybridized carbons (Fsp3) is 0. The molecule has 0 aromatic heterocycles. The van der Waals surface area contributed by atoms with Crippen molar-refractivity contribution in [1.82, 2.24) is 0 Å². The smallest absolute Gasteiger partial charge is 0.612 e. The van der Waals surface area contributed by atoms with E-state index in [1.165, 1.54) is 0 Å². The van der Waals surface area contributed by atoms with Crippen LogP contribution in [0.4, 0.5) is 0 Å². The van der Waals surface area contributed by atoms with Crippen molar-refractivity contribution in [2.45, 2.75) is 0 Å². The third kappa shape index (κ3) is 17.8. The van der Waals surface area contributed by atoms with Gasteiger partial charge in [0.25, 0.3) is 0 Å². The maximum Gasteiger partial charge on any atom is 1.00 e. The van der Waals surface area contributed by atoms with E-state index < -0.39 is 10.9 Å². The van der Waals surface area contributed by atoms with Gasteiger partial charge in [-0.15, -0.1) is 0 Å². The van der Waals surface area contributed by atoms with E-state index in [4.69, 9.17) is 10.4 Å². The number of rotatable bonds is 1. The molecule has 0 aliphatic heterocycles. The van der Waals surface area contributed by atoms with Crippen molar-refractivity contribution in [1.29, 1.82) is 0 Å². The second-order valence-corrected chi connectivity index (χ2v) is 0.733. The number of hydrogen-bond acceptors (Lipinski definition) is 4. The van der Waals surface area contributed by atoms with Crippen molar-refractivity contribution in [3.05, 3.63) is 10.4 Å². The van der Waals surface area contributed by atoms with Crippen molar-refractivity contribution in [2.75, 3.05) is 0 Å². The van der Waals surface area contributed by atoms with E-state index in [0.717, 1.165) is 0 Å². The van der Waals surface area contributed by atoms with Crippen LogP contribution in [0.15, 0.2) is 0 Å². The van der Waals surface area contributed by atoms with Crippen LogP contribution in [0.2, 0.25) is 0 Å². The predicted molar refractivity (Wildman–Crippen MR) is 18.1 cm³/mol. The molecule has 0 aromatic rings. The summed E-state index contributed by atoms with van der Waals surface area (Å²) in [5.41, 5.74) is 0. The van der Waals surface area contributed by atoms with Gasteiger partial charge in [-0.3, -0.25) is 0 Å². The summed E-state index contributed by atoms with van der Waals surface area (Å²) in [4.78, 5) is 8.11. The molecular weight excluding hydrogens is 180 g/mol. The summed E-state index contributed by atoms with van der Waals surface area (Å²) >= 11 is 0. The Morgan fingerprint density at radius 2 is 1.67 bits per heavy atom. The number of carbonyl (C=O) groups is 1. The molecule has 0 amide bonds. The van der Waals surface area contributed by atoms with Crippen molar-refractivity contribution in [3.63, 3.8) is 0 Å². The maximum atomic E-state index is 9.20. The third-order valence-electron chi connectivity index (χ3n) is 0.211. The van der Waals surface area contributed by atoms with Gasteiger partial charge < -0.3 is 20.3 Å². The monoisotopic (exact) mass is 181 g/mol. The first-order valence-electron chi connectivity index (χ1n) is 1.32. The molecule has 0 unspecified atom stereocenters. The Morgan fingerprint density at radius 1 is 1.33 bits per heavy atom. The Bertz CT molecular complexity index is 109. The Hall–Kier alpha value is 2.01. The van der Waals surface area contributed by atoms with Crippen molar-refractivity contribution >= 4 is 12.2 Å². The number of carboxylic acids is 1. The number of carbonyl (C=O) groups excluding carboxylic acids is 1. The van der Waals surface area contributed by atoms with Crippen molar-refractivity contribution < 1.29 is 118 Å². The summed E-state index contributed by atoms with van der Waals surface area (Å²) in [5, 5.41) is 27.5. The van der Waals surface area contributed by atoms with Gasteiger partial charge in [0, 0.05) is 0 Å². The van der Waals surface area contributed by atoms with E-state index in [1.54, 1.807) is 0 Å². The molecule has 0 bridgehead atoms. The Kier molecular flexibility index (Phi) is 19.1. The van der Waals surface area contributed by atoms with Gasteiger partial charge in [0.05, 0.1) is 0 Å². The molecule has 0 aromatic carbocycles. The van der Waals surface area contributed by atoms with Crippen LogP contribution in [0.5, 0.6) is 0 Å². The van der Waals surface area contributed by atoms with Gasteiger partial charge >= 0.3 is 103 Å². The Labute approximate surface area is 137 Å². The second kappa shape index (κ2) is 10.0. The zero-order valence-corrected chi connectivity index (χ0v) is 11.4. The van der Waals surface area contributed by atoms with Crippen molar-refractivity contribution in [3.8, 4) is 0 Å². The minimum absolute atomic E-state index is 0.